The number of ether oxygens (including phenoxy) is 1. The molecule has 0 aliphatic carbocycles. The van der Waals surface area contributed by atoms with Gasteiger partial charge in [0.2, 0.25) is 11.8 Å². The van der Waals surface area contributed by atoms with Gasteiger partial charge in [-0.3, -0.25) is 10.1 Å². The van der Waals surface area contributed by atoms with Gasteiger partial charge in [0.15, 0.2) is 0 Å². The lowest BCUT2D eigenvalue weighted by Gasteiger charge is -2.06. The molecule has 0 fully saturated rings. The van der Waals surface area contributed by atoms with Gasteiger partial charge in [0.1, 0.15) is 5.69 Å². The van der Waals surface area contributed by atoms with Crippen LogP contribution in [0.2, 0.25) is 0 Å². The first-order valence-corrected chi connectivity index (χ1v) is 5.35. The second-order valence-electron chi connectivity index (χ2n) is 3.93. The van der Waals surface area contributed by atoms with E-state index in [1.54, 1.807) is 20.0 Å². The van der Waals surface area contributed by atoms with Gasteiger partial charge in [0.05, 0.1) is 10.6 Å². The number of nitrogens with two attached hydrogens (primary N) is 1. The van der Waals surface area contributed by atoms with Gasteiger partial charge in [-0.1, -0.05) is 0 Å². The highest BCUT2D eigenvalue weighted by atomic mass is 16.6. The normalized spacial score (nSPS) is 10.5. The summed E-state index contributed by atoms with van der Waals surface area (Å²) in [5, 5.41) is 15.1. The van der Waals surface area contributed by atoms with Crippen molar-refractivity contribution in [3.63, 3.8) is 0 Å². The van der Waals surface area contributed by atoms with Gasteiger partial charge in [-0.05, 0) is 13.8 Å². The minimum atomic E-state index is -0.604. The lowest BCUT2D eigenvalue weighted by atomic mass is 10.3. The zero-order valence-corrected chi connectivity index (χ0v) is 10.6. The average Bonchev–Trinajstić information content (AvgIpc) is 2.55. The smallest absolute Gasteiger partial charge is 0.352 e. The summed E-state index contributed by atoms with van der Waals surface area (Å²) in [4.78, 5) is 17.9. The van der Waals surface area contributed by atoms with E-state index in [1.807, 2.05) is 0 Å². The van der Waals surface area contributed by atoms with Crippen molar-refractivity contribution in [3.05, 3.63) is 27.6 Å². The minimum Gasteiger partial charge on any atom is -0.415 e. The van der Waals surface area contributed by atoms with Crippen molar-refractivity contribution in [2.75, 3.05) is 5.73 Å². The SMILES string of the molecule is Cc1cc(Oc2nc(N)nc(C)c2[N+](=O)[O-])n(C)n1. The Morgan fingerprint density at radius 2 is 2.11 bits per heavy atom. The number of hydrogen-bond acceptors (Lipinski definition) is 7. The molecule has 0 saturated carbocycles. The molecule has 0 bridgehead atoms. The first-order valence-electron chi connectivity index (χ1n) is 5.35. The number of rotatable bonds is 3. The van der Waals surface area contributed by atoms with Crippen LogP contribution < -0.4 is 10.5 Å². The van der Waals surface area contributed by atoms with Crippen LogP contribution in [0.25, 0.3) is 0 Å². The second-order valence-corrected chi connectivity index (χ2v) is 3.93. The van der Waals surface area contributed by atoms with Crippen LogP contribution in [0.1, 0.15) is 11.4 Å². The summed E-state index contributed by atoms with van der Waals surface area (Å²) in [7, 11) is 1.66. The molecule has 9 nitrogen and oxygen atoms in total. The number of anilines is 1. The van der Waals surface area contributed by atoms with Crippen molar-refractivity contribution in [2.24, 2.45) is 7.05 Å². The van der Waals surface area contributed by atoms with Gasteiger partial charge in [0.25, 0.3) is 0 Å². The third-order valence-electron chi connectivity index (χ3n) is 2.39. The topological polar surface area (TPSA) is 122 Å². The maximum absolute atomic E-state index is 11.0. The van der Waals surface area contributed by atoms with Crippen LogP contribution in [0.4, 0.5) is 11.6 Å². The molecule has 0 aliphatic heterocycles. The van der Waals surface area contributed by atoms with Crippen LogP contribution in [-0.2, 0) is 7.05 Å². The van der Waals surface area contributed by atoms with Crippen molar-refractivity contribution in [1.82, 2.24) is 19.7 Å². The van der Waals surface area contributed by atoms with Crippen LogP contribution >= 0.6 is 0 Å². The molecular formula is C10H12N6O3. The van der Waals surface area contributed by atoms with E-state index < -0.39 is 4.92 Å². The fraction of sp³-hybridized carbons (Fsp3) is 0.300. The van der Waals surface area contributed by atoms with Crippen LogP contribution in [0, 0.1) is 24.0 Å². The lowest BCUT2D eigenvalue weighted by Crippen LogP contribution is -2.06. The molecule has 9 heteroatoms. The summed E-state index contributed by atoms with van der Waals surface area (Å²) in [6, 6.07) is 1.64. The van der Waals surface area contributed by atoms with Gasteiger partial charge >= 0.3 is 11.6 Å². The van der Waals surface area contributed by atoms with Gasteiger partial charge in [-0.2, -0.15) is 10.1 Å². The van der Waals surface area contributed by atoms with E-state index in [-0.39, 0.29) is 23.2 Å². The predicted molar refractivity (Wildman–Crippen MR) is 65.9 cm³/mol. The van der Waals surface area contributed by atoms with E-state index in [9.17, 15) is 10.1 Å². The fourth-order valence-corrected chi connectivity index (χ4v) is 1.62. The molecule has 0 atom stereocenters. The zero-order chi connectivity index (χ0) is 14.2. The molecule has 0 amide bonds. The maximum Gasteiger partial charge on any atom is 0.352 e. The van der Waals surface area contributed by atoms with E-state index in [0.29, 0.717) is 5.88 Å². The Morgan fingerprint density at radius 3 is 2.63 bits per heavy atom. The highest BCUT2D eigenvalue weighted by molar-refractivity contribution is 5.49. The number of nitrogen functional groups attached to an aromatic ring is 1. The van der Waals surface area contributed by atoms with Gasteiger partial charge in [0, 0.05) is 13.1 Å². The van der Waals surface area contributed by atoms with Crippen molar-refractivity contribution in [1.29, 1.82) is 0 Å². The number of hydrogen-bond donors (Lipinski definition) is 1. The quantitative estimate of drug-likeness (QED) is 0.650. The third-order valence-corrected chi connectivity index (χ3v) is 2.39. The fourth-order valence-electron chi connectivity index (χ4n) is 1.62. The van der Waals surface area contributed by atoms with Crippen LogP contribution in [0.5, 0.6) is 11.8 Å². The lowest BCUT2D eigenvalue weighted by molar-refractivity contribution is -0.386. The van der Waals surface area contributed by atoms with Crippen molar-refractivity contribution >= 4 is 11.6 Å². The monoisotopic (exact) mass is 264 g/mol. The van der Waals surface area contributed by atoms with E-state index >= 15 is 0 Å². The van der Waals surface area contributed by atoms with Crippen LogP contribution in [0.15, 0.2) is 6.07 Å². The van der Waals surface area contributed by atoms with Gasteiger partial charge in [-0.15, -0.1) is 0 Å². The second kappa shape index (κ2) is 4.52. The molecule has 0 spiro atoms. The number of aryl methyl sites for hydroxylation is 3. The summed E-state index contributed by atoms with van der Waals surface area (Å²) < 4.78 is 6.86. The summed E-state index contributed by atoms with van der Waals surface area (Å²) in [5.41, 5.74) is 6.03. The van der Waals surface area contributed by atoms with Gasteiger partial charge in [-0.25, -0.2) is 9.67 Å². The Hall–Kier alpha value is -2.71. The summed E-state index contributed by atoms with van der Waals surface area (Å²) in [6.45, 7) is 3.25. The van der Waals surface area contributed by atoms with E-state index in [2.05, 4.69) is 15.1 Å². The van der Waals surface area contributed by atoms with Gasteiger partial charge < -0.3 is 10.5 Å². The van der Waals surface area contributed by atoms with Crippen molar-refractivity contribution in [2.45, 2.75) is 13.8 Å². The number of nitrogens with zero attached hydrogens (tertiary/aromatic N) is 5. The average molecular weight is 264 g/mol. The maximum atomic E-state index is 11.0. The Kier molecular flexibility index (Phi) is 3.03. The molecule has 0 radical (unpaired) electrons. The number of aromatic nitrogens is 4. The summed E-state index contributed by atoms with van der Waals surface area (Å²) in [5.74, 6) is 0.0492. The van der Waals surface area contributed by atoms with Crippen LogP contribution in [-0.4, -0.2) is 24.7 Å². The molecule has 100 valence electrons. The molecule has 0 saturated heterocycles. The highest BCUT2D eigenvalue weighted by Gasteiger charge is 2.24. The van der Waals surface area contributed by atoms with E-state index in [1.165, 1.54) is 11.6 Å². The molecule has 2 aromatic heterocycles. The third kappa shape index (κ3) is 2.44. The molecular weight excluding hydrogens is 252 g/mol. The standard InChI is InChI=1S/C10H12N6O3/c1-5-4-7(15(3)14-5)19-9-8(16(17)18)6(2)12-10(11)13-9/h4H,1-3H3,(H2,11,12,13). The summed E-state index contributed by atoms with van der Waals surface area (Å²) in [6.07, 6.45) is 0. The molecule has 2 rings (SSSR count). The Balaban J connectivity index is 2.50. The van der Waals surface area contributed by atoms with E-state index in [4.69, 9.17) is 10.5 Å². The zero-order valence-electron chi connectivity index (χ0n) is 10.6. The molecule has 0 aliphatic rings. The Labute approximate surface area is 108 Å². The van der Waals surface area contributed by atoms with E-state index in [0.717, 1.165) is 5.69 Å². The van der Waals surface area contributed by atoms with Crippen molar-refractivity contribution in [3.8, 4) is 11.8 Å². The molecule has 2 heterocycles. The molecule has 0 unspecified atom stereocenters. The summed E-state index contributed by atoms with van der Waals surface area (Å²) >= 11 is 0. The minimum absolute atomic E-state index is 0.0861. The molecule has 0 aromatic carbocycles. The molecule has 2 N–H and O–H groups in total. The predicted octanol–water partition coefficient (Wildman–Crippen LogP) is 1.11. The molecule has 19 heavy (non-hydrogen) atoms. The first kappa shape index (κ1) is 12.7. The largest absolute Gasteiger partial charge is 0.415 e. The highest BCUT2D eigenvalue weighted by Crippen LogP contribution is 2.31. The van der Waals surface area contributed by atoms with Crippen LogP contribution in [0.3, 0.4) is 0 Å². The first-order chi connectivity index (χ1) is 8.88. The molecule has 2 aromatic rings. The Bertz CT molecular complexity index is 651. The van der Waals surface area contributed by atoms with Crippen molar-refractivity contribution < 1.29 is 9.66 Å². The Morgan fingerprint density at radius 1 is 1.42 bits per heavy atom. The number of nitro groups is 1.